The summed E-state index contributed by atoms with van der Waals surface area (Å²) in [6.07, 6.45) is 2.03. The van der Waals surface area contributed by atoms with Gasteiger partial charge in [0.25, 0.3) is 11.9 Å². The van der Waals surface area contributed by atoms with Gasteiger partial charge in [-0.1, -0.05) is 0 Å². The fourth-order valence-corrected chi connectivity index (χ4v) is 2.81. The smallest absolute Gasteiger partial charge is 0.295 e. The van der Waals surface area contributed by atoms with E-state index in [0.29, 0.717) is 18.8 Å². The fourth-order valence-electron chi connectivity index (χ4n) is 2.81. The number of nitrogens with one attached hydrogen (secondary N) is 1. The second-order valence-corrected chi connectivity index (χ2v) is 6.35. The Morgan fingerprint density at radius 2 is 1.92 bits per heavy atom. The minimum absolute atomic E-state index is 0.283. The van der Waals surface area contributed by atoms with E-state index in [0.717, 1.165) is 25.9 Å². The fraction of sp³-hybridized carbons (Fsp3) is 0.556. The van der Waals surface area contributed by atoms with Gasteiger partial charge >= 0.3 is 0 Å². The number of quaternary nitrogens is 1. The molecule has 7 heteroatoms. The molecule has 1 heterocycles. The number of halogens is 1. The summed E-state index contributed by atoms with van der Waals surface area (Å²) in [7, 11) is 5.67. The molecule has 2 rings (SSSR count). The molecule has 1 fully saturated rings. The van der Waals surface area contributed by atoms with Crippen LogP contribution in [-0.4, -0.2) is 70.4 Å². The molecule has 6 nitrogen and oxygen atoms in total. The molecular formula is C18H27FN3O3+. The predicted molar refractivity (Wildman–Crippen MR) is 93.4 cm³/mol. The van der Waals surface area contributed by atoms with Crippen LogP contribution in [0.15, 0.2) is 29.3 Å². The highest BCUT2D eigenvalue weighted by Gasteiger charge is 2.26. The topological polar surface area (TPSA) is 55.6 Å². The number of nitrogens with zero attached hydrogens (tertiary/aromatic N) is 2. The molecule has 138 valence electrons. The van der Waals surface area contributed by atoms with Crippen molar-refractivity contribution in [3.63, 3.8) is 0 Å². The van der Waals surface area contributed by atoms with E-state index in [1.54, 1.807) is 7.11 Å². The Balaban J connectivity index is 2.12. The van der Waals surface area contributed by atoms with Gasteiger partial charge in [-0.3, -0.25) is 4.79 Å². The number of hydrogen-bond acceptors (Lipinski definition) is 3. The molecule has 1 aliphatic rings. The molecule has 0 atom stereocenters. The average molecular weight is 352 g/mol. The number of carbonyl (C=O) groups is 1. The highest BCUT2D eigenvalue weighted by molar-refractivity contribution is 6.01. The monoisotopic (exact) mass is 352 g/mol. The zero-order valence-corrected chi connectivity index (χ0v) is 15.1. The Hall–Kier alpha value is -1.99. The van der Waals surface area contributed by atoms with E-state index < -0.39 is 5.91 Å². The quantitative estimate of drug-likeness (QED) is 0.479. The Labute approximate surface area is 148 Å². The number of amidine groups is 1. The summed E-state index contributed by atoms with van der Waals surface area (Å²) in [6, 6.07) is 5.91. The number of rotatable bonds is 5. The van der Waals surface area contributed by atoms with Gasteiger partial charge in [-0.05, 0) is 24.3 Å². The van der Waals surface area contributed by atoms with Crippen molar-refractivity contribution in [2.75, 3.05) is 47.5 Å². The molecule has 1 aliphatic heterocycles. The summed E-state index contributed by atoms with van der Waals surface area (Å²) in [4.78, 5) is 20.0. The number of piperidine rings is 1. The SMILES string of the molecule is COCCOC(=NC(=O)c1ccc(F)cc1)N(C)C1CC[NH+](C)CC1. The lowest BCUT2D eigenvalue weighted by atomic mass is 10.0. The van der Waals surface area contributed by atoms with Crippen LogP contribution in [0.4, 0.5) is 4.39 Å². The van der Waals surface area contributed by atoms with Crippen molar-refractivity contribution in [3.8, 4) is 0 Å². The number of likely N-dealkylation sites (tertiary alicyclic amines) is 1. The molecule has 1 aromatic rings. The van der Waals surface area contributed by atoms with E-state index in [9.17, 15) is 9.18 Å². The van der Waals surface area contributed by atoms with Crippen LogP contribution in [0.1, 0.15) is 23.2 Å². The lowest BCUT2D eigenvalue weighted by molar-refractivity contribution is -0.885. The van der Waals surface area contributed by atoms with E-state index in [4.69, 9.17) is 9.47 Å². The number of aliphatic imine (C=N–C) groups is 1. The van der Waals surface area contributed by atoms with Gasteiger partial charge < -0.3 is 19.3 Å². The van der Waals surface area contributed by atoms with Crippen molar-refractivity contribution in [3.05, 3.63) is 35.6 Å². The summed E-state index contributed by atoms with van der Waals surface area (Å²) >= 11 is 0. The molecule has 0 saturated carbocycles. The van der Waals surface area contributed by atoms with E-state index in [1.807, 2.05) is 11.9 Å². The first-order valence-electron chi connectivity index (χ1n) is 8.55. The highest BCUT2D eigenvalue weighted by Crippen LogP contribution is 2.11. The van der Waals surface area contributed by atoms with E-state index in [2.05, 4.69) is 12.0 Å². The average Bonchev–Trinajstić information content (AvgIpc) is 2.61. The van der Waals surface area contributed by atoms with Crippen molar-refractivity contribution in [2.24, 2.45) is 4.99 Å². The number of ether oxygens (including phenoxy) is 2. The summed E-state index contributed by atoms with van der Waals surface area (Å²) < 4.78 is 23.7. The summed E-state index contributed by atoms with van der Waals surface area (Å²) in [5.74, 6) is -0.833. The zero-order valence-electron chi connectivity index (χ0n) is 15.1. The minimum Gasteiger partial charge on any atom is -0.462 e. The van der Waals surface area contributed by atoms with Crippen LogP contribution >= 0.6 is 0 Å². The summed E-state index contributed by atoms with van der Waals surface area (Å²) in [6.45, 7) is 2.88. The predicted octanol–water partition coefficient (Wildman–Crippen LogP) is 0.594. The Morgan fingerprint density at radius 3 is 2.52 bits per heavy atom. The molecule has 0 aromatic heterocycles. The van der Waals surface area contributed by atoms with Gasteiger partial charge in [-0.25, -0.2) is 4.39 Å². The Bertz CT molecular complexity index is 584. The second kappa shape index (κ2) is 9.48. The molecule has 25 heavy (non-hydrogen) atoms. The van der Waals surface area contributed by atoms with Gasteiger partial charge in [0, 0.05) is 38.6 Å². The highest BCUT2D eigenvalue weighted by atomic mass is 19.1. The normalized spacial score (nSPS) is 21.0. The second-order valence-electron chi connectivity index (χ2n) is 6.35. The van der Waals surface area contributed by atoms with E-state index >= 15 is 0 Å². The summed E-state index contributed by atoms with van der Waals surface area (Å²) in [5.41, 5.74) is 0.329. The van der Waals surface area contributed by atoms with Crippen LogP contribution in [0, 0.1) is 5.82 Å². The first-order valence-corrected chi connectivity index (χ1v) is 8.55. The molecule has 1 amide bonds. The number of amides is 1. The van der Waals surface area contributed by atoms with Crippen LogP contribution < -0.4 is 4.90 Å². The molecule has 0 radical (unpaired) electrons. The first kappa shape index (κ1) is 19.3. The number of methoxy groups -OCH3 is 1. The van der Waals surface area contributed by atoms with Crippen molar-refractivity contribution < 1.29 is 23.6 Å². The third-order valence-corrected chi connectivity index (χ3v) is 4.47. The van der Waals surface area contributed by atoms with Gasteiger partial charge in [0.1, 0.15) is 12.4 Å². The molecule has 0 aliphatic carbocycles. The molecule has 0 bridgehead atoms. The van der Waals surface area contributed by atoms with Gasteiger partial charge in [0.2, 0.25) is 0 Å². The van der Waals surface area contributed by atoms with Gasteiger partial charge in [0.05, 0.1) is 26.7 Å². The van der Waals surface area contributed by atoms with Crippen LogP contribution in [0.25, 0.3) is 0 Å². The lowest BCUT2D eigenvalue weighted by Gasteiger charge is -2.34. The third kappa shape index (κ3) is 5.79. The maximum absolute atomic E-state index is 13.0. The number of hydrogen-bond donors (Lipinski definition) is 1. The molecule has 0 spiro atoms. The van der Waals surface area contributed by atoms with Gasteiger partial charge in [0.15, 0.2) is 0 Å². The zero-order chi connectivity index (χ0) is 18.2. The van der Waals surface area contributed by atoms with Crippen molar-refractivity contribution in [1.82, 2.24) is 4.90 Å². The van der Waals surface area contributed by atoms with Gasteiger partial charge in [-0.15, -0.1) is 0 Å². The largest absolute Gasteiger partial charge is 0.462 e. The van der Waals surface area contributed by atoms with Crippen LogP contribution in [0.2, 0.25) is 0 Å². The van der Waals surface area contributed by atoms with Crippen molar-refractivity contribution >= 4 is 11.9 Å². The van der Waals surface area contributed by atoms with Crippen molar-refractivity contribution in [1.29, 1.82) is 0 Å². The number of carbonyl (C=O) groups excluding carboxylic acids is 1. The molecule has 1 aromatic carbocycles. The first-order chi connectivity index (χ1) is 12.0. The maximum atomic E-state index is 13.0. The Morgan fingerprint density at radius 1 is 1.28 bits per heavy atom. The van der Waals surface area contributed by atoms with E-state index in [-0.39, 0.29) is 17.9 Å². The molecule has 1 saturated heterocycles. The lowest BCUT2D eigenvalue weighted by Crippen LogP contribution is -3.10. The third-order valence-electron chi connectivity index (χ3n) is 4.47. The molecular weight excluding hydrogens is 325 g/mol. The van der Waals surface area contributed by atoms with E-state index in [1.165, 1.54) is 29.2 Å². The summed E-state index contributed by atoms with van der Waals surface area (Å²) in [5, 5.41) is 0. The molecule has 1 N–H and O–H groups in total. The minimum atomic E-state index is -0.446. The van der Waals surface area contributed by atoms with Crippen molar-refractivity contribution in [2.45, 2.75) is 18.9 Å². The Kier molecular flexibility index (Phi) is 7.33. The van der Waals surface area contributed by atoms with Gasteiger partial charge in [-0.2, -0.15) is 4.99 Å². The molecule has 0 unspecified atom stereocenters. The number of benzene rings is 1. The maximum Gasteiger partial charge on any atom is 0.295 e. The van der Waals surface area contributed by atoms with Crippen LogP contribution in [-0.2, 0) is 9.47 Å². The van der Waals surface area contributed by atoms with Crippen LogP contribution in [0.5, 0.6) is 0 Å². The standard InChI is InChI=1S/C18H26FN3O3/c1-21-10-8-16(9-11-21)22(2)18(25-13-12-24-3)20-17(23)14-4-6-15(19)7-5-14/h4-7,16H,8-13H2,1-3H3/p+1. The van der Waals surface area contributed by atoms with Crippen LogP contribution in [0.3, 0.4) is 0 Å².